The second-order valence-corrected chi connectivity index (χ2v) is 2.54. The Morgan fingerprint density at radius 3 is 2.22 bits per heavy atom. The summed E-state index contributed by atoms with van der Waals surface area (Å²) >= 11 is 5.10. The minimum absolute atomic E-state index is 0. The van der Waals surface area contributed by atoms with Gasteiger partial charge in [-0.05, 0) is 30.4 Å². The molecule has 1 aliphatic carbocycles. The molecule has 9 heavy (non-hydrogen) atoms. The van der Waals surface area contributed by atoms with E-state index in [1.54, 1.807) is 0 Å². The minimum Gasteiger partial charge on any atom is -0.320 e. The number of hydrogen-bond donors (Lipinski definition) is 1. The predicted molar refractivity (Wildman–Crippen MR) is 38.8 cm³/mol. The molecule has 0 aliphatic heterocycles. The van der Waals surface area contributed by atoms with Crippen molar-refractivity contribution in [2.45, 2.75) is 18.9 Å². The molecule has 1 saturated carbocycles. The van der Waals surface area contributed by atoms with Gasteiger partial charge in [0.1, 0.15) is 0 Å². The van der Waals surface area contributed by atoms with Crippen LogP contribution in [0.4, 0.5) is 0 Å². The van der Waals surface area contributed by atoms with E-state index >= 15 is 0 Å². The number of carbonyl (C=O) groups excluding carboxylic acids is 1. The number of hydrogen-bond acceptors (Lipinski definition) is 2. The first kappa shape index (κ1) is 9.21. The third-order valence-corrected chi connectivity index (χ3v) is 1.64. The summed E-state index contributed by atoms with van der Waals surface area (Å²) in [5.74, 6) is 0.389. The van der Waals surface area contributed by atoms with Gasteiger partial charge in [-0.1, -0.05) is 0 Å². The van der Waals surface area contributed by atoms with Crippen molar-refractivity contribution in [3.63, 3.8) is 0 Å². The van der Waals surface area contributed by atoms with Crippen molar-refractivity contribution in [2.24, 2.45) is 11.7 Å². The molecule has 1 rings (SSSR count). The van der Waals surface area contributed by atoms with Crippen LogP contribution in [0, 0.1) is 5.92 Å². The Morgan fingerprint density at radius 1 is 1.67 bits per heavy atom. The van der Waals surface area contributed by atoms with E-state index in [0.29, 0.717) is 5.92 Å². The molecular formula is C5H9Cl2NO. The highest BCUT2D eigenvalue weighted by Crippen LogP contribution is 2.32. The van der Waals surface area contributed by atoms with Crippen LogP contribution in [0.2, 0.25) is 0 Å². The quantitative estimate of drug-likeness (QED) is 0.626. The number of carbonyl (C=O) groups is 1. The van der Waals surface area contributed by atoms with Gasteiger partial charge < -0.3 is 5.73 Å². The van der Waals surface area contributed by atoms with Crippen molar-refractivity contribution in [1.29, 1.82) is 0 Å². The first-order valence-corrected chi connectivity index (χ1v) is 3.04. The molecule has 0 aromatic rings. The molecule has 0 saturated heterocycles. The van der Waals surface area contributed by atoms with Gasteiger partial charge in [0.25, 0.3) is 0 Å². The lowest BCUT2D eigenvalue weighted by atomic mass is 10.2. The molecule has 4 heteroatoms. The van der Waals surface area contributed by atoms with E-state index < -0.39 is 11.3 Å². The summed E-state index contributed by atoms with van der Waals surface area (Å²) in [4.78, 5) is 10.3. The smallest absolute Gasteiger partial charge is 0.238 e. The molecule has 0 heterocycles. The van der Waals surface area contributed by atoms with Crippen LogP contribution in [-0.2, 0) is 4.79 Å². The van der Waals surface area contributed by atoms with Gasteiger partial charge in [0.05, 0.1) is 6.04 Å². The summed E-state index contributed by atoms with van der Waals surface area (Å²) in [7, 11) is 0. The van der Waals surface area contributed by atoms with Gasteiger partial charge >= 0.3 is 0 Å². The summed E-state index contributed by atoms with van der Waals surface area (Å²) in [5, 5.41) is -0.396. The second kappa shape index (κ2) is 3.40. The minimum atomic E-state index is -0.396. The molecular weight excluding hydrogens is 161 g/mol. The van der Waals surface area contributed by atoms with Gasteiger partial charge in [-0.3, -0.25) is 4.79 Å². The van der Waals surface area contributed by atoms with Crippen LogP contribution < -0.4 is 5.73 Å². The fraction of sp³-hybridized carbons (Fsp3) is 0.800. The monoisotopic (exact) mass is 169 g/mol. The largest absolute Gasteiger partial charge is 0.320 e. The third kappa shape index (κ3) is 2.52. The zero-order valence-corrected chi connectivity index (χ0v) is 6.41. The average molecular weight is 170 g/mol. The summed E-state index contributed by atoms with van der Waals surface area (Å²) in [5.41, 5.74) is 5.34. The SMILES string of the molecule is Cl.NC(C(=O)Cl)C1CC1. The lowest BCUT2D eigenvalue weighted by Gasteiger charge is -1.99. The van der Waals surface area contributed by atoms with Gasteiger partial charge in [-0.15, -0.1) is 12.4 Å². The standard InChI is InChI=1S/C5H8ClNO.ClH/c6-5(8)4(7)3-1-2-3;/h3-4H,1-2,7H2;1H. The molecule has 0 aromatic carbocycles. The Kier molecular flexibility index (Phi) is 3.48. The molecule has 1 fully saturated rings. The average Bonchev–Trinajstić information content (AvgIpc) is 2.43. The van der Waals surface area contributed by atoms with Crippen molar-refractivity contribution in [3.05, 3.63) is 0 Å². The second-order valence-electron chi connectivity index (χ2n) is 2.17. The van der Waals surface area contributed by atoms with Gasteiger partial charge in [0.2, 0.25) is 5.24 Å². The van der Waals surface area contributed by atoms with E-state index in [2.05, 4.69) is 0 Å². The van der Waals surface area contributed by atoms with Crippen LogP contribution in [0.1, 0.15) is 12.8 Å². The fourth-order valence-electron chi connectivity index (χ4n) is 0.641. The molecule has 2 nitrogen and oxygen atoms in total. The highest BCUT2D eigenvalue weighted by molar-refractivity contribution is 6.64. The van der Waals surface area contributed by atoms with Gasteiger partial charge in [0, 0.05) is 0 Å². The molecule has 0 spiro atoms. The summed E-state index contributed by atoms with van der Waals surface area (Å²) in [6.07, 6.45) is 2.14. The van der Waals surface area contributed by atoms with Crippen molar-refractivity contribution < 1.29 is 4.79 Å². The summed E-state index contributed by atoms with van der Waals surface area (Å²) in [6.45, 7) is 0. The van der Waals surface area contributed by atoms with E-state index in [1.807, 2.05) is 0 Å². The number of nitrogens with two attached hydrogens (primary N) is 1. The van der Waals surface area contributed by atoms with Gasteiger partial charge in [0.15, 0.2) is 0 Å². The maximum Gasteiger partial charge on any atom is 0.238 e. The van der Waals surface area contributed by atoms with E-state index in [-0.39, 0.29) is 12.4 Å². The van der Waals surface area contributed by atoms with E-state index in [1.165, 1.54) is 0 Å². The Morgan fingerprint density at radius 2 is 2.11 bits per heavy atom. The Labute approximate surface area is 65.2 Å². The lowest BCUT2D eigenvalue weighted by Crippen LogP contribution is -2.28. The molecule has 54 valence electrons. The normalized spacial score (nSPS) is 20.2. The van der Waals surface area contributed by atoms with Crippen LogP contribution in [0.3, 0.4) is 0 Å². The highest BCUT2D eigenvalue weighted by atomic mass is 35.5. The molecule has 0 amide bonds. The molecule has 0 radical (unpaired) electrons. The Balaban J connectivity index is 0.000000640. The molecule has 1 unspecified atom stereocenters. The number of halogens is 2. The molecule has 1 aliphatic rings. The topological polar surface area (TPSA) is 43.1 Å². The fourth-order valence-corrected chi connectivity index (χ4v) is 0.819. The van der Waals surface area contributed by atoms with Crippen LogP contribution in [0.5, 0.6) is 0 Å². The molecule has 0 bridgehead atoms. The molecule has 2 N–H and O–H groups in total. The van der Waals surface area contributed by atoms with Crippen LogP contribution in [0.15, 0.2) is 0 Å². The molecule has 0 aromatic heterocycles. The van der Waals surface area contributed by atoms with Crippen molar-refractivity contribution in [1.82, 2.24) is 0 Å². The first-order chi connectivity index (χ1) is 3.72. The van der Waals surface area contributed by atoms with Crippen LogP contribution >= 0.6 is 24.0 Å². The first-order valence-electron chi connectivity index (χ1n) is 2.66. The van der Waals surface area contributed by atoms with E-state index in [9.17, 15) is 4.79 Å². The van der Waals surface area contributed by atoms with E-state index in [4.69, 9.17) is 17.3 Å². The molecule has 1 atom stereocenters. The van der Waals surface area contributed by atoms with Gasteiger partial charge in [-0.25, -0.2) is 0 Å². The maximum absolute atomic E-state index is 10.3. The Hall–Kier alpha value is 0.210. The third-order valence-electron chi connectivity index (χ3n) is 1.39. The van der Waals surface area contributed by atoms with Crippen molar-refractivity contribution in [3.8, 4) is 0 Å². The zero-order valence-electron chi connectivity index (χ0n) is 4.84. The van der Waals surface area contributed by atoms with Crippen LogP contribution in [-0.4, -0.2) is 11.3 Å². The van der Waals surface area contributed by atoms with E-state index in [0.717, 1.165) is 12.8 Å². The maximum atomic E-state index is 10.3. The van der Waals surface area contributed by atoms with Crippen LogP contribution in [0.25, 0.3) is 0 Å². The summed E-state index contributed by atoms with van der Waals surface area (Å²) in [6, 6.07) is -0.392. The number of rotatable bonds is 2. The van der Waals surface area contributed by atoms with Crippen molar-refractivity contribution >= 4 is 29.3 Å². The Bertz CT molecular complexity index is 114. The lowest BCUT2D eigenvalue weighted by molar-refractivity contribution is -0.113. The predicted octanol–water partition coefficient (Wildman–Crippen LogP) is 0.911. The highest BCUT2D eigenvalue weighted by Gasteiger charge is 2.32. The summed E-state index contributed by atoms with van der Waals surface area (Å²) < 4.78 is 0. The van der Waals surface area contributed by atoms with Crippen molar-refractivity contribution in [2.75, 3.05) is 0 Å². The van der Waals surface area contributed by atoms with Gasteiger partial charge in [-0.2, -0.15) is 0 Å². The zero-order chi connectivity index (χ0) is 6.15.